The van der Waals surface area contributed by atoms with Gasteiger partial charge in [-0.3, -0.25) is 0 Å². The Hall–Kier alpha value is -11.3. The molecule has 0 saturated heterocycles. The maximum absolute atomic E-state index is 13.8. The van der Waals surface area contributed by atoms with E-state index in [2.05, 4.69) is 26.0 Å². The molecule has 0 N–H and O–H groups in total. The van der Waals surface area contributed by atoms with Crippen molar-refractivity contribution in [2.75, 3.05) is 0 Å². The number of hydrogen-bond donors (Lipinski definition) is 0. The zero-order chi connectivity index (χ0) is 98.8. The zero-order valence-corrected chi connectivity index (χ0v) is 72.8. The summed E-state index contributed by atoms with van der Waals surface area (Å²) >= 11 is 0. The van der Waals surface area contributed by atoms with Crippen molar-refractivity contribution < 1.29 is 123 Å². The van der Waals surface area contributed by atoms with Gasteiger partial charge in [0, 0.05) is 6.08 Å². The van der Waals surface area contributed by atoms with Crippen molar-refractivity contribution in [1.82, 2.24) is 0 Å². The molecular formula is C95H94F28N4. The lowest BCUT2D eigenvalue weighted by atomic mass is 9.92. The topological polar surface area (TPSA) is 95.2 Å². The lowest BCUT2D eigenvalue weighted by Crippen LogP contribution is -2.26. The molecule has 0 radical (unpaired) electrons. The van der Waals surface area contributed by atoms with Gasteiger partial charge in [-0.05, 0) is 173 Å². The highest BCUT2D eigenvalue weighted by Crippen LogP contribution is 2.43. The highest BCUT2D eigenvalue weighted by Gasteiger charge is 2.51. The number of alkyl halides is 18. The number of rotatable bonds is 12. The largest absolute Gasteiger partial charge is 0.425 e. The molecule has 0 aliphatic carbocycles. The number of aryl methyl sites for hydroxylation is 5. The van der Waals surface area contributed by atoms with Crippen LogP contribution in [0.1, 0.15) is 201 Å². The minimum Gasteiger partial charge on any atom is -0.203 e. The van der Waals surface area contributed by atoms with Crippen molar-refractivity contribution >= 4 is 0 Å². The van der Waals surface area contributed by atoms with Gasteiger partial charge in [0.25, 0.3) is 0 Å². The molecule has 0 aliphatic heterocycles. The fourth-order valence-corrected chi connectivity index (χ4v) is 11.1. The second-order valence-electron chi connectivity index (χ2n) is 31.4. The molecule has 690 valence electrons. The van der Waals surface area contributed by atoms with E-state index < -0.39 is 140 Å². The first-order chi connectivity index (χ1) is 57.9. The van der Waals surface area contributed by atoms with Crippen LogP contribution in [0.4, 0.5) is 123 Å². The van der Waals surface area contributed by atoms with Gasteiger partial charge in [0.05, 0.1) is 33.9 Å². The van der Waals surface area contributed by atoms with E-state index in [1.54, 1.807) is 90.1 Å². The number of halogens is 28. The molecule has 8 aromatic carbocycles. The fraction of sp³-hybridized carbons (Fsp3) is 0.368. The molecule has 0 spiro atoms. The Morgan fingerprint density at radius 2 is 0.583 bits per heavy atom. The summed E-state index contributed by atoms with van der Waals surface area (Å²) < 4.78 is 357. The molecule has 8 rings (SSSR count). The molecule has 127 heavy (non-hydrogen) atoms. The maximum atomic E-state index is 13.8. The molecule has 8 aromatic rings. The van der Waals surface area contributed by atoms with Crippen molar-refractivity contribution in [3.63, 3.8) is 0 Å². The van der Waals surface area contributed by atoms with Crippen LogP contribution >= 0.6 is 0 Å². The van der Waals surface area contributed by atoms with Crippen molar-refractivity contribution in [2.45, 2.75) is 206 Å². The Labute approximate surface area is 720 Å². The minimum atomic E-state index is -5.33. The summed E-state index contributed by atoms with van der Waals surface area (Å²) in [7, 11) is 0. The van der Waals surface area contributed by atoms with Crippen molar-refractivity contribution in [3.05, 3.63) is 281 Å². The Bertz CT molecular complexity index is 5090. The van der Waals surface area contributed by atoms with Gasteiger partial charge < -0.3 is 0 Å². The van der Waals surface area contributed by atoms with E-state index in [0.29, 0.717) is 34.1 Å². The molecule has 32 heteroatoms. The summed E-state index contributed by atoms with van der Waals surface area (Å²) in [5, 5.41) is 32.5. The number of allylic oxidation sites excluding steroid dienone is 8. The Morgan fingerprint density at radius 3 is 0.811 bits per heavy atom. The highest BCUT2D eigenvalue weighted by atomic mass is 19.4. The molecule has 0 aliphatic rings. The quantitative estimate of drug-likeness (QED) is 0.0400. The summed E-state index contributed by atoms with van der Waals surface area (Å²) in [6.45, 7) is 38.0. The molecule has 0 amide bonds. The molecule has 4 nitrogen and oxygen atoms in total. The monoisotopic (exact) mass is 1820 g/mol. The van der Waals surface area contributed by atoms with Gasteiger partial charge in [-0.15, -0.1) is 0 Å². The number of nitriles is 4. The summed E-state index contributed by atoms with van der Waals surface area (Å²) in [5.41, 5.74) is 1.17. The van der Waals surface area contributed by atoms with Crippen molar-refractivity contribution in [1.29, 1.82) is 21.0 Å². The third-order valence-electron chi connectivity index (χ3n) is 17.2. The third kappa shape index (κ3) is 36.5. The van der Waals surface area contributed by atoms with Gasteiger partial charge in [0.2, 0.25) is 11.6 Å². The molecule has 0 atom stereocenters. The van der Waals surface area contributed by atoms with E-state index in [1.807, 2.05) is 100 Å². The first kappa shape index (κ1) is 114. The average molecular weight is 1820 g/mol. The predicted molar refractivity (Wildman–Crippen MR) is 435 cm³/mol. The molecule has 0 saturated carbocycles. The normalized spacial score (nSPS) is 11.7. The van der Waals surface area contributed by atoms with Gasteiger partial charge in [0.1, 0.15) is 34.9 Å². The van der Waals surface area contributed by atoms with Crippen LogP contribution < -0.4 is 0 Å². The predicted octanol–water partition coefficient (Wildman–Crippen LogP) is 33.6. The van der Waals surface area contributed by atoms with Crippen molar-refractivity contribution in [2.24, 2.45) is 23.7 Å². The van der Waals surface area contributed by atoms with E-state index in [0.717, 1.165) is 69.3 Å². The van der Waals surface area contributed by atoms with Crippen LogP contribution in [-0.4, -0.2) is 18.5 Å². The van der Waals surface area contributed by atoms with E-state index in [-0.39, 0.29) is 64.0 Å². The lowest BCUT2D eigenvalue weighted by molar-refractivity contribution is -0.172. The SMILES string of the molecule is CC(C)/C=C(\C#N)C(F)(F)F.CC(C)/C=C/C#N.CC(C)C=C(C#N)C#N.CC(C)C=C(C(F)(F)F)C(F)(F)F.Cc1cc(-c2c(F)c(F)c(F)c(F)c2F)cc(C(C)C)c1.Cc1cc(-c2c(F)c(F)c(F)c(F)c2F)cc(C(C)C)c1.Cc1cc(-c2cc(C(F)(F)F)cc(C(F)(F)F)c2)cc(C(C)C)c1.Cc1cc(-c2ccc(C(F)(F)F)cc2C)cc(C(C)C)c1. The van der Waals surface area contributed by atoms with Gasteiger partial charge >= 0.3 is 37.1 Å². The average Bonchev–Trinajstić information content (AvgIpc) is 0.777. The van der Waals surface area contributed by atoms with E-state index >= 15 is 0 Å². The minimum absolute atomic E-state index is 0.0218. The second-order valence-corrected chi connectivity index (χ2v) is 31.4. The molecular weight excluding hydrogens is 1730 g/mol. The van der Waals surface area contributed by atoms with Gasteiger partial charge in [-0.25, -0.2) is 43.9 Å². The summed E-state index contributed by atoms with van der Waals surface area (Å²) in [5.74, 6) is -18.9. The smallest absolute Gasteiger partial charge is 0.203 e. The van der Waals surface area contributed by atoms with Crippen LogP contribution in [0.2, 0.25) is 0 Å². The van der Waals surface area contributed by atoms with Crippen molar-refractivity contribution in [3.8, 4) is 68.8 Å². The number of hydrogen-bond acceptors (Lipinski definition) is 4. The molecule has 0 bridgehead atoms. The van der Waals surface area contributed by atoms with Crippen LogP contribution in [0.15, 0.2) is 156 Å². The Kier molecular flexibility index (Phi) is 43.5. The fourth-order valence-electron chi connectivity index (χ4n) is 11.1. The van der Waals surface area contributed by atoms with Gasteiger partial charge in [-0.2, -0.15) is 100 Å². The standard InChI is InChI=1S/C18H16F6.C18H19F3.2C16H13F5.C7H8F6.C7H8F3N.C7H8N2.C6H9N/c1-10(2)12-4-11(3)5-13(6-12)14-7-15(17(19,20)21)9-16(8-14)18(22,23)24;1-11(2)14-7-12(3)8-15(10-14)17-6-5-16(9-13(17)4)18(19,20)21;2*1-7(2)9-4-8(3)5-10(6-9)11-12(17)14(19)16(21)15(20)13(11)18;1-4(2)3-5(6(8,9)10)7(11,12)13;1-5(2)3-6(4-11)7(8,9)10;1-6(2)3-7(4-8)5-9;1-6(2)4-3-5-7/h4-10H,1-3H3;5-11H,1-4H3;2*4-7H,1-3H3;3-4H,1-2H3;3,5H,1-2H3;3,6H,1-2H3;3-4,6H,1-2H3/b;;;;;6-3+;;4-3+. The molecule has 0 heterocycles. The lowest BCUT2D eigenvalue weighted by Gasteiger charge is -2.16. The Balaban J connectivity index is 0.000000746. The van der Waals surface area contributed by atoms with Crippen LogP contribution in [0, 0.1) is 162 Å². The third-order valence-corrected chi connectivity index (χ3v) is 17.2. The summed E-state index contributed by atoms with van der Waals surface area (Å²) in [6.07, 6.45) is -23.1. The molecule has 0 aromatic heterocycles. The van der Waals surface area contributed by atoms with Gasteiger partial charge in [0.15, 0.2) is 46.5 Å². The molecule has 0 fully saturated rings. The van der Waals surface area contributed by atoms with E-state index in [4.69, 9.17) is 21.0 Å². The van der Waals surface area contributed by atoms with Crippen LogP contribution in [0.25, 0.3) is 44.5 Å². The Morgan fingerprint density at radius 1 is 0.291 bits per heavy atom. The van der Waals surface area contributed by atoms with Gasteiger partial charge in [-0.1, -0.05) is 236 Å². The number of nitrogens with zero attached hydrogens (tertiary/aromatic N) is 4. The molecule has 0 unspecified atom stereocenters. The second kappa shape index (κ2) is 48.6. The number of benzene rings is 8. The first-order valence-corrected chi connectivity index (χ1v) is 38.5. The maximum Gasteiger partial charge on any atom is 0.425 e. The zero-order valence-electron chi connectivity index (χ0n) is 72.8. The summed E-state index contributed by atoms with van der Waals surface area (Å²) in [4.78, 5) is 0. The van der Waals surface area contributed by atoms with Crippen LogP contribution in [0.5, 0.6) is 0 Å². The van der Waals surface area contributed by atoms with Crippen LogP contribution in [0.3, 0.4) is 0 Å². The van der Waals surface area contributed by atoms with E-state index in [1.165, 1.54) is 55.8 Å². The van der Waals surface area contributed by atoms with E-state index in [9.17, 15) is 123 Å². The van der Waals surface area contributed by atoms with Crippen LogP contribution in [-0.2, 0) is 18.5 Å². The summed E-state index contributed by atoms with van der Waals surface area (Å²) in [6, 6.07) is 32.7. The highest BCUT2D eigenvalue weighted by molar-refractivity contribution is 5.71. The first-order valence-electron chi connectivity index (χ1n) is 38.5.